The Morgan fingerprint density at radius 1 is 1.24 bits per heavy atom. The number of nitrogen functional groups attached to an aromatic ring is 1. The monoisotopic (exact) mass is 289 g/mol. The van der Waals surface area contributed by atoms with E-state index in [2.05, 4.69) is 20.3 Å². The largest absolute Gasteiger partial charge is 0.463 e. The van der Waals surface area contributed by atoms with Crippen LogP contribution in [0.2, 0.25) is 0 Å². The SMILES string of the molecule is CCCOc1nc(N)nc(Nc2cccc(COC)c2)n1. The maximum absolute atomic E-state index is 5.66. The maximum atomic E-state index is 5.66. The minimum absolute atomic E-state index is 0.117. The van der Waals surface area contributed by atoms with Gasteiger partial charge in [-0.1, -0.05) is 19.1 Å². The lowest BCUT2D eigenvalue weighted by Crippen LogP contribution is -2.07. The first kappa shape index (κ1) is 15.0. The molecule has 0 radical (unpaired) electrons. The van der Waals surface area contributed by atoms with Crippen molar-refractivity contribution in [2.24, 2.45) is 0 Å². The van der Waals surface area contributed by atoms with E-state index < -0.39 is 0 Å². The fourth-order valence-corrected chi connectivity index (χ4v) is 1.72. The summed E-state index contributed by atoms with van der Waals surface area (Å²) in [4.78, 5) is 12.2. The average molecular weight is 289 g/mol. The van der Waals surface area contributed by atoms with Crippen molar-refractivity contribution in [2.75, 3.05) is 24.8 Å². The van der Waals surface area contributed by atoms with Crippen LogP contribution in [0, 0.1) is 0 Å². The van der Waals surface area contributed by atoms with Gasteiger partial charge in [-0.3, -0.25) is 0 Å². The van der Waals surface area contributed by atoms with Crippen molar-refractivity contribution < 1.29 is 9.47 Å². The lowest BCUT2D eigenvalue weighted by molar-refractivity contribution is 0.185. The Morgan fingerprint density at radius 3 is 2.86 bits per heavy atom. The normalized spacial score (nSPS) is 10.4. The molecule has 1 heterocycles. The lowest BCUT2D eigenvalue weighted by Gasteiger charge is -2.09. The van der Waals surface area contributed by atoms with E-state index in [1.807, 2.05) is 31.2 Å². The van der Waals surface area contributed by atoms with E-state index in [1.54, 1.807) is 7.11 Å². The fraction of sp³-hybridized carbons (Fsp3) is 0.357. The zero-order valence-corrected chi connectivity index (χ0v) is 12.2. The summed E-state index contributed by atoms with van der Waals surface area (Å²) in [6, 6.07) is 7.99. The summed E-state index contributed by atoms with van der Waals surface area (Å²) in [5, 5.41) is 3.08. The lowest BCUT2D eigenvalue weighted by atomic mass is 10.2. The molecule has 0 amide bonds. The second-order valence-corrected chi connectivity index (χ2v) is 4.41. The van der Waals surface area contributed by atoms with Crippen LogP contribution in [0.15, 0.2) is 24.3 Å². The van der Waals surface area contributed by atoms with Crippen LogP contribution in [-0.2, 0) is 11.3 Å². The van der Waals surface area contributed by atoms with Gasteiger partial charge in [-0.25, -0.2) is 0 Å². The Morgan fingerprint density at radius 2 is 2.10 bits per heavy atom. The molecule has 0 bridgehead atoms. The molecular weight excluding hydrogens is 270 g/mol. The highest BCUT2D eigenvalue weighted by atomic mass is 16.5. The molecule has 0 aliphatic rings. The highest BCUT2D eigenvalue weighted by molar-refractivity contribution is 5.55. The number of nitrogens with zero attached hydrogens (tertiary/aromatic N) is 3. The number of aromatic nitrogens is 3. The molecule has 0 aliphatic carbocycles. The van der Waals surface area contributed by atoms with E-state index >= 15 is 0 Å². The van der Waals surface area contributed by atoms with E-state index in [4.69, 9.17) is 15.2 Å². The predicted molar refractivity (Wildman–Crippen MR) is 80.5 cm³/mol. The Kier molecular flexibility index (Phi) is 5.28. The summed E-state index contributed by atoms with van der Waals surface area (Å²) in [5.74, 6) is 0.467. The Balaban J connectivity index is 2.14. The molecule has 7 heteroatoms. The first-order chi connectivity index (χ1) is 10.2. The summed E-state index contributed by atoms with van der Waals surface area (Å²) in [7, 11) is 1.66. The highest BCUT2D eigenvalue weighted by Gasteiger charge is 2.06. The van der Waals surface area contributed by atoms with Gasteiger partial charge in [0.15, 0.2) is 0 Å². The first-order valence-electron chi connectivity index (χ1n) is 6.70. The van der Waals surface area contributed by atoms with Gasteiger partial charge >= 0.3 is 6.01 Å². The number of anilines is 3. The van der Waals surface area contributed by atoms with Crippen LogP contribution in [0.5, 0.6) is 6.01 Å². The summed E-state index contributed by atoms with van der Waals surface area (Å²) < 4.78 is 10.5. The van der Waals surface area contributed by atoms with E-state index in [9.17, 15) is 0 Å². The topological polar surface area (TPSA) is 95.2 Å². The van der Waals surface area contributed by atoms with Crippen LogP contribution < -0.4 is 15.8 Å². The second-order valence-electron chi connectivity index (χ2n) is 4.41. The third-order valence-electron chi connectivity index (χ3n) is 2.56. The van der Waals surface area contributed by atoms with Crippen LogP contribution in [0.3, 0.4) is 0 Å². The Labute approximate surface area is 123 Å². The predicted octanol–water partition coefficient (Wildman–Crippen LogP) is 2.13. The van der Waals surface area contributed by atoms with Gasteiger partial charge in [0.05, 0.1) is 13.2 Å². The molecule has 112 valence electrons. The second kappa shape index (κ2) is 7.39. The molecule has 0 atom stereocenters. The van der Waals surface area contributed by atoms with Gasteiger partial charge in [0, 0.05) is 12.8 Å². The highest BCUT2D eigenvalue weighted by Crippen LogP contribution is 2.17. The van der Waals surface area contributed by atoms with Crippen LogP contribution in [-0.4, -0.2) is 28.7 Å². The maximum Gasteiger partial charge on any atom is 0.323 e. The molecule has 0 aliphatic heterocycles. The first-order valence-corrected chi connectivity index (χ1v) is 6.70. The standard InChI is InChI=1S/C14H19N5O2/c1-3-7-21-14-18-12(15)17-13(19-14)16-11-6-4-5-10(8-11)9-20-2/h4-6,8H,3,7,9H2,1-2H3,(H3,15,16,17,18,19). The van der Waals surface area contributed by atoms with Gasteiger partial charge in [-0.05, 0) is 24.1 Å². The quantitative estimate of drug-likeness (QED) is 0.806. The summed E-state index contributed by atoms with van der Waals surface area (Å²) in [6.07, 6.45) is 0.868. The molecule has 0 spiro atoms. The van der Waals surface area contributed by atoms with Crippen LogP contribution in [0.4, 0.5) is 17.6 Å². The Hall–Kier alpha value is -2.41. The molecular formula is C14H19N5O2. The number of benzene rings is 1. The molecule has 2 aromatic rings. The number of hydrogen-bond acceptors (Lipinski definition) is 7. The third kappa shape index (κ3) is 4.57. The van der Waals surface area contributed by atoms with Crippen LogP contribution in [0.1, 0.15) is 18.9 Å². The van der Waals surface area contributed by atoms with E-state index in [-0.39, 0.29) is 12.0 Å². The van der Waals surface area contributed by atoms with Gasteiger partial charge < -0.3 is 20.5 Å². The summed E-state index contributed by atoms with van der Waals surface area (Å²) in [6.45, 7) is 3.08. The van der Waals surface area contributed by atoms with Gasteiger partial charge in [-0.15, -0.1) is 0 Å². The van der Waals surface area contributed by atoms with E-state index in [1.165, 1.54) is 0 Å². The molecule has 0 saturated carbocycles. The smallest absolute Gasteiger partial charge is 0.323 e. The van der Waals surface area contributed by atoms with Crippen molar-refractivity contribution in [3.63, 3.8) is 0 Å². The van der Waals surface area contributed by atoms with Crippen molar-refractivity contribution in [3.8, 4) is 6.01 Å². The number of rotatable bonds is 7. The molecule has 3 N–H and O–H groups in total. The summed E-state index contributed by atoms with van der Waals surface area (Å²) >= 11 is 0. The molecule has 0 saturated heterocycles. The average Bonchev–Trinajstić information content (AvgIpc) is 2.45. The number of methoxy groups -OCH3 is 1. The van der Waals surface area contributed by atoms with Gasteiger partial charge in [-0.2, -0.15) is 15.0 Å². The molecule has 7 nitrogen and oxygen atoms in total. The number of ether oxygens (including phenoxy) is 2. The Bertz CT molecular complexity index is 591. The number of hydrogen-bond donors (Lipinski definition) is 2. The molecule has 1 aromatic heterocycles. The molecule has 1 aromatic carbocycles. The van der Waals surface area contributed by atoms with E-state index in [0.717, 1.165) is 17.7 Å². The molecule has 0 unspecified atom stereocenters. The van der Waals surface area contributed by atoms with Crippen LogP contribution in [0.25, 0.3) is 0 Å². The van der Waals surface area contributed by atoms with Crippen molar-refractivity contribution in [3.05, 3.63) is 29.8 Å². The van der Waals surface area contributed by atoms with E-state index in [0.29, 0.717) is 19.2 Å². The zero-order valence-electron chi connectivity index (χ0n) is 12.2. The van der Waals surface area contributed by atoms with Crippen molar-refractivity contribution in [2.45, 2.75) is 20.0 Å². The molecule has 21 heavy (non-hydrogen) atoms. The van der Waals surface area contributed by atoms with Gasteiger partial charge in [0.2, 0.25) is 11.9 Å². The summed E-state index contributed by atoms with van der Waals surface area (Å²) in [5.41, 5.74) is 7.55. The number of nitrogens with one attached hydrogen (secondary N) is 1. The van der Waals surface area contributed by atoms with Gasteiger partial charge in [0.25, 0.3) is 0 Å². The minimum atomic E-state index is 0.117. The molecule has 2 rings (SSSR count). The van der Waals surface area contributed by atoms with Crippen molar-refractivity contribution in [1.82, 2.24) is 15.0 Å². The van der Waals surface area contributed by atoms with Gasteiger partial charge in [0.1, 0.15) is 0 Å². The fourth-order valence-electron chi connectivity index (χ4n) is 1.72. The van der Waals surface area contributed by atoms with Crippen molar-refractivity contribution in [1.29, 1.82) is 0 Å². The van der Waals surface area contributed by atoms with Crippen molar-refractivity contribution >= 4 is 17.6 Å². The minimum Gasteiger partial charge on any atom is -0.463 e. The number of nitrogens with two attached hydrogens (primary N) is 1. The third-order valence-corrected chi connectivity index (χ3v) is 2.56. The zero-order chi connectivity index (χ0) is 15.1. The van der Waals surface area contributed by atoms with Crippen LogP contribution >= 0.6 is 0 Å². The molecule has 0 fully saturated rings.